The van der Waals surface area contributed by atoms with Crippen LogP contribution in [0, 0.1) is 0 Å². The minimum atomic E-state index is -0.582. The van der Waals surface area contributed by atoms with Crippen LogP contribution in [0.1, 0.15) is 29.2 Å². The van der Waals surface area contributed by atoms with E-state index in [0.717, 1.165) is 37.4 Å². The normalized spacial score (nSPS) is 19.0. The van der Waals surface area contributed by atoms with E-state index in [0.29, 0.717) is 6.54 Å². The maximum absolute atomic E-state index is 12.4. The molecule has 1 unspecified atom stereocenters. The van der Waals surface area contributed by atoms with Gasteiger partial charge in [-0.1, -0.05) is 42.5 Å². The zero-order valence-corrected chi connectivity index (χ0v) is 14.1. The van der Waals surface area contributed by atoms with Crippen LogP contribution in [0.25, 0.3) is 0 Å². The van der Waals surface area contributed by atoms with Gasteiger partial charge >= 0.3 is 0 Å². The van der Waals surface area contributed by atoms with Gasteiger partial charge in [0.25, 0.3) is 5.91 Å². The number of nitrogens with zero attached hydrogens (tertiary/aromatic N) is 1. The van der Waals surface area contributed by atoms with Crippen LogP contribution in [0.3, 0.4) is 0 Å². The van der Waals surface area contributed by atoms with Crippen LogP contribution in [0.15, 0.2) is 48.5 Å². The second-order valence-electron chi connectivity index (χ2n) is 6.47. The minimum absolute atomic E-state index is 0.0968. The van der Waals surface area contributed by atoms with Gasteiger partial charge in [0.15, 0.2) is 12.9 Å². The van der Waals surface area contributed by atoms with Crippen LogP contribution >= 0.6 is 0 Å². The molecule has 4 rings (SSSR count). The molecule has 0 spiro atoms. The number of amides is 1. The lowest BCUT2D eigenvalue weighted by molar-refractivity contribution is -0.142. The third kappa shape index (κ3) is 3.52. The number of hydrogen-bond acceptors (Lipinski definition) is 4. The van der Waals surface area contributed by atoms with Crippen LogP contribution < -0.4 is 10.1 Å². The fourth-order valence-electron chi connectivity index (χ4n) is 3.47. The van der Waals surface area contributed by atoms with Gasteiger partial charge in [-0.3, -0.25) is 9.69 Å². The van der Waals surface area contributed by atoms with Crippen molar-refractivity contribution in [3.05, 3.63) is 65.2 Å². The number of carbonyl (C=O) groups is 1. The van der Waals surface area contributed by atoms with E-state index in [1.807, 2.05) is 24.3 Å². The highest BCUT2D eigenvalue weighted by Crippen LogP contribution is 2.31. The van der Waals surface area contributed by atoms with E-state index < -0.39 is 6.10 Å². The lowest BCUT2D eigenvalue weighted by Gasteiger charge is -2.25. The molecule has 0 aromatic heterocycles. The summed E-state index contributed by atoms with van der Waals surface area (Å²) in [5.74, 6) is 0.629. The van der Waals surface area contributed by atoms with Crippen molar-refractivity contribution < 1.29 is 14.3 Å². The zero-order valence-electron chi connectivity index (χ0n) is 14.1. The Morgan fingerprint density at radius 3 is 2.60 bits per heavy atom. The fourth-order valence-corrected chi connectivity index (χ4v) is 3.47. The molecule has 0 aliphatic carbocycles. The highest BCUT2D eigenvalue weighted by atomic mass is 16.7. The lowest BCUT2D eigenvalue weighted by atomic mass is 10.1. The number of para-hydroxylation sites is 1. The summed E-state index contributed by atoms with van der Waals surface area (Å²) >= 11 is 0. The van der Waals surface area contributed by atoms with Gasteiger partial charge in [0.1, 0.15) is 5.75 Å². The van der Waals surface area contributed by atoms with Gasteiger partial charge < -0.3 is 14.8 Å². The summed E-state index contributed by atoms with van der Waals surface area (Å²) in [5, 5.41) is 2.99. The second-order valence-corrected chi connectivity index (χ2v) is 6.47. The van der Waals surface area contributed by atoms with Crippen LogP contribution in [0.5, 0.6) is 5.75 Å². The van der Waals surface area contributed by atoms with E-state index >= 15 is 0 Å². The Balaban J connectivity index is 1.24. The molecule has 2 heterocycles. The number of rotatable bonds is 5. The van der Waals surface area contributed by atoms with Crippen molar-refractivity contribution in [2.45, 2.75) is 25.6 Å². The molecule has 0 fully saturated rings. The molecule has 130 valence electrons. The fraction of sp³-hybridized carbons (Fsp3) is 0.350. The molecule has 2 aliphatic heterocycles. The minimum Gasteiger partial charge on any atom is -0.467 e. The van der Waals surface area contributed by atoms with Crippen molar-refractivity contribution in [1.29, 1.82) is 0 Å². The number of benzene rings is 2. The Kier molecular flexibility index (Phi) is 4.68. The SMILES string of the molecule is O=C(NCCCN1Cc2ccccc2C1)C1OCOc2ccccc21. The molecule has 2 aliphatic rings. The Bertz CT molecular complexity index is 737. The van der Waals surface area contributed by atoms with E-state index in [2.05, 4.69) is 34.5 Å². The van der Waals surface area contributed by atoms with E-state index in [-0.39, 0.29) is 12.7 Å². The number of nitrogens with one attached hydrogen (secondary N) is 1. The predicted molar refractivity (Wildman–Crippen MR) is 93.9 cm³/mol. The average Bonchev–Trinajstić information content (AvgIpc) is 3.07. The van der Waals surface area contributed by atoms with Crippen molar-refractivity contribution in [1.82, 2.24) is 10.2 Å². The first-order chi connectivity index (χ1) is 12.3. The van der Waals surface area contributed by atoms with Crippen LogP contribution in [0.4, 0.5) is 0 Å². The molecule has 1 amide bonds. The van der Waals surface area contributed by atoms with Crippen LogP contribution in [0.2, 0.25) is 0 Å². The molecule has 0 radical (unpaired) electrons. The molecule has 25 heavy (non-hydrogen) atoms. The summed E-state index contributed by atoms with van der Waals surface area (Å²) in [6, 6.07) is 16.1. The first-order valence-electron chi connectivity index (χ1n) is 8.71. The third-order valence-corrected chi connectivity index (χ3v) is 4.75. The topological polar surface area (TPSA) is 50.8 Å². The molecule has 0 saturated carbocycles. The maximum Gasteiger partial charge on any atom is 0.254 e. The molecule has 0 bridgehead atoms. The monoisotopic (exact) mass is 338 g/mol. The number of ether oxygens (including phenoxy) is 2. The average molecular weight is 338 g/mol. The molecule has 2 aromatic carbocycles. The Labute approximate surface area is 147 Å². The Morgan fingerprint density at radius 1 is 1.08 bits per heavy atom. The van der Waals surface area contributed by atoms with Crippen LogP contribution in [-0.2, 0) is 22.6 Å². The molecule has 2 aromatic rings. The first kappa shape index (κ1) is 16.1. The van der Waals surface area contributed by atoms with Gasteiger partial charge in [0.2, 0.25) is 0 Å². The van der Waals surface area contributed by atoms with Gasteiger partial charge in [0.05, 0.1) is 0 Å². The highest BCUT2D eigenvalue weighted by Gasteiger charge is 2.28. The van der Waals surface area contributed by atoms with Gasteiger partial charge in [-0.25, -0.2) is 0 Å². The number of hydrogen-bond donors (Lipinski definition) is 1. The number of fused-ring (bicyclic) bond motifs is 2. The van der Waals surface area contributed by atoms with Gasteiger partial charge in [-0.15, -0.1) is 0 Å². The smallest absolute Gasteiger partial charge is 0.254 e. The maximum atomic E-state index is 12.4. The molecule has 1 N–H and O–H groups in total. The second kappa shape index (κ2) is 7.25. The van der Waals surface area contributed by atoms with E-state index in [1.165, 1.54) is 11.1 Å². The third-order valence-electron chi connectivity index (χ3n) is 4.75. The molecule has 5 nitrogen and oxygen atoms in total. The highest BCUT2D eigenvalue weighted by molar-refractivity contribution is 5.83. The molecule has 0 saturated heterocycles. The largest absolute Gasteiger partial charge is 0.467 e. The number of carbonyl (C=O) groups excluding carboxylic acids is 1. The first-order valence-corrected chi connectivity index (χ1v) is 8.71. The summed E-state index contributed by atoms with van der Waals surface area (Å²) in [6.07, 6.45) is 0.339. The summed E-state index contributed by atoms with van der Waals surface area (Å²) in [6.45, 7) is 3.73. The van der Waals surface area contributed by atoms with Crippen LogP contribution in [-0.4, -0.2) is 30.7 Å². The van der Waals surface area contributed by atoms with Crippen molar-refractivity contribution in [3.8, 4) is 5.75 Å². The van der Waals surface area contributed by atoms with Gasteiger partial charge in [-0.2, -0.15) is 0 Å². The summed E-state index contributed by atoms with van der Waals surface area (Å²) < 4.78 is 10.9. The van der Waals surface area contributed by atoms with Crippen molar-refractivity contribution in [2.24, 2.45) is 0 Å². The Hall–Kier alpha value is -2.37. The zero-order chi connectivity index (χ0) is 17.1. The van der Waals surface area contributed by atoms with E-state index in [4.69, 9.17) is 9.47 Å². The molecule has 1 atom stereocenters. The quantitative estimate of drug-likeness (QED) is 0.852. The lowest BCUT2D eigenvalue weighted by Crippen LogP contribution is -2.35. The molecular formula is C20H22N2O3. The van der Waals surface area contributed by atoms with E-state index in [9.17, 15) is 4.79 Å². The Morgan fingerprint density at radius 2 is 1.80 bits per heavy atom. The summed E-state index contributed by atoms with van der Waals surface area (Å²) in [5.41, 5.74) is 3.62. The standard InChI is InChI=1S/C20H22N2O3/c23-20(19-17-8-3-4-9-18(17)24-14-25-19)21-10-5-11-22-12-15-6-1-2-7-16(15)13-22/h1-4,6-9,19H,5,10-14H2,(H,21,23). The van der Waals surface area contributed by atoms with E-state index in [1.54, 1.807) is 0 Å². The van der Waals surface area contributed by atoms with Crippen molar-refractivity contribution in [3.63, 3.8) is 0 Å². The van der Waals surface area contributed by atoms with Crippen molar-refractivity contribution >= 4 is 5.91 Å². The van der Waals surface area contributed by atoms with Gasteiger partial charge in [0, 0.05) is 31.7 Å². The molecular weight excluding hydrogens is 316 g/mol. The van der Waals surface area contributed by atoms with Gasteiger partial charge in [-0.05, 0) is 23.6 Å². The van der Waals surface area contributed by atoms with Crippen molar-refractivity contribution in [2.75, 3.05) is 19.9 Å². The summed E-state index contributed by atoms with van der Waals surface area (Å²) in [4.78, 5) is 14.8. The molecule has 5 heteroatoms. The summed E-state index contributed by atoms with van der Waals surface area (Å²) in [7, 11) is 0. The predicted octanol–water partition coefficient (Wildman–Crippen LogP) is 2.62.